The predicted molar refractivity (Wildman–Crippen MR) is 102 cm³/mol. The van der Waals surface area contributed by atoms with Gasteiger partial charge in [-0.2, -0.15) is 0 Å². The van der Waals surface area contributed by atoms with Crippen LogP contribution in [0.2, 0.25) is 5.02 Å². The Kier molecular flexibility index (Phi) is 6.46. The molecule has 0 saturated carbocycles. The van der Waals surface area contributed by atoms with Crippen LogP contribution in [-0.4, -0.2) is 32.6 Å². The summed E-state index contributed by atoms with van der Waals surface area (Å²) in [5.74, 6) is 0.364. The Hall–Kier alpha value is -2.73. The first-order valence-electron chi connectivity index (χ1n) is 7.92. The van der Waals surface area contributed by atoms with E-state index in [0.29, 0.717) is 27.9 Å². The lowest BCUT2D eigenvalue weighted by molar-refractivity contribution is -0.120. The smallest absolute Gasteiger partial charge is 0.244 e. The number of nitrogens with zero attached hydrogens (tertiary/aromatic N) is 1. The molecule has 2 amide bonds. The van der Waals surface area contributed by atoms with E-state index in [4.69, 9.17) is 21.1 Å². The second-order valence-electron chi connectivity index (χ2n) is 5.66. The molecule has 0 spiro atoms. The van der Waals surface area contributed by atoms with Crippen molar-refractivity contribution in [2.75, 3.05) is 31.0 Å². The van der Waals surface area contributed by atoms with Crippen molar-refractivity contribution in [1.29, 1.82) is 0 Å². The highest BCUT2D eigenvalue weighted by Crippen LogP contribution is 2.32. The van der Waals surface area contributed by atoms with E-state index in [1.165, 1.54) is 26.0 Å². The lowest BCUT2D eigenvalue weighted by atomic mass is 10.2. The molecule has 0 radical (unpaired) electrons. The summed E-state index contributed by atoms with van der Waals surface area (Å²) in [4.78, 5) is 25.9. The molecule has 6 nitrogen and oxygen atoms in total. The van der Waals surface area contributed by atoms with Crippen LogP contribution in [0.15, 0.2) is 36.4 Å². The third-order valence-corrected chi connectivity index (χ3v) is 4.22. The molecule has 2 aromatic rings. The van der Waals surface area contributed by atoms with Crippen LogP contribution in [0.3, 0.4) is 0 Å². The molecule has 1 N–H and O–H groups in total. The average molecular weight is 377 g/mol. The third-order valence-electron chi connectivity index (χ3n) is 3.81. The molecule has 0 heterocycles. The summed E-state index contributed by atoms with van der Waals surface area (Å²) >= 11 is 6.08. The zero-order chi connectivity index (χ0) is 19.3. The average Bonchev–Trinajstić information content (AvgIpc) is 2.62. The number of methoxy groups -OCH3 is 2. The van der Waals surface area contributed by atoms with E-state index in [0.717, 1.165) is 5.56 Å². The molecule has 0 aliphatic heterocycles. The molecule has 2 rings (SSSR count). The second-order valence-corrected chi connectivity index (χ2v) is 6.06. The summed E-state index contributed by atoms with van der Waals surface area (Å²) in [6.07, 6.45) is 0. The summed E-state index contributed by atoms with van der Waals surface area (Å²) in [6, 6.07) is 10.3. The number of benzene rings is 2. The Morgan fingerprint density at radius 1 is 1.12 bits per heavy atom. The fourth-order valence-corrected chi connectivity index (χ4v) is 2.57. The molecule has 0 unspecified atom stereocenters. The maximum absolute atomic E-state index is 12.4. The molecule has 0 saturated heterocycles. The summed E-state index contributed by atoms with van der Waals surface area (Å²) in [5.41, 5.74) is 1.93. The molecule has 26 heavy (non-hydrogen) atoms. The monoisotopic (exact) mass is 376 g/mol. The fourth-order valence-electron chi connectivity index (χ4n) is 2.39. The minimum atomic E-state index is -0.356. The van der Waals surface area contributed by atoms with E-state index < -0.39 is 0 Å². The molecule has 0 fully saturated rings. The Balaban J connectivity index is 2.24. The molecule has 2 aromatic carbocycles. The van der Waals surface area contributed by atoms with Crippen molar-refractivity contribution >= 4 is 34.8 Å². The lowest BCUT2D eigenvalue weighted by Gasteiger charge is -2.23. The van der Waals surface area contributed by atoms with Gasteiger partial charge in [0, 0.05) is 23.7 Å². The van der Waals surface area contributed by atoms with Crippen molar-refractivity contribution in [2.24, 2.45) is 0 Å². The molecular formula is C19H21ClN2O4. The number of ether oxygens (including phenoxy) is 2. The topological polar surface area (TPSA) is 67.9 Å². The van der Waals surface area contributed by atoms with Gasteiger partial charge in [0.1, 0.15) is 18.0 Å². The standard InChI is InChI=1S/C19H21ClN2O4/c1-12-5-6-14(9-16(12)20)21-19(24)11-22(13(2)23)17-10-15(25-3)7-8-18(17)26-4/h5-10H,11H2,1-4H3,(H,21,24). The number of halogens is 1. The van der Waals surface area contributed by atoms with Gasteiger partial charge in [0.25, 0.3) is 0 Å². The van der Waals surface area contributed by atoms with Crippen LogP contribution < -0.4 is 19.7 Å². The number of anilines is 2. The molecule has 0 aromatic heterocycles. The first kappa shape index (κ1) is 19.6. The number of nitrogens with one attached hydrogen (secondary N) is 1. The van der Waals surface area contributed by atoms with Gasteiger partial charge < -0.3 is 14.8 Å². The normalized spacial score (nSPS) is 10.2. The minimum absolute atomic E-state index is 0.176. The van der Waals surface area contributed by atoms with E-state index in [1.807, 2.05) is 13.0 Å². The van der Waals surface area contributed by atoms with E-state index in [2.05, 4.69) is 5.32 Å². The largest absolute Gasteiger partial charge is 0.497 e. The van der Waals surface area contributed by atoms with Gasteiger partial charge in [0.15, 0.2) is 0 Å². The van der Waals surface area contributed by atoms with Crippen LogP contribution in [0.5, 0.6) is 11.5 Å². The van der Waals surface area contributed by atoms with Crippen molar-refractivity contribution in [1.82, 2.24) is 0 Å². The highest BCUT2D eigenvalue weighted by Gasteiger charge is 2.20. The fraction of sp³-hybridized carbons (Fsp3) is 0.263. The number of hydrogen-bond acceptors (Lipinski definition) is 4. The van der Waals surface area contributed by atoms with Crippen LogP contribution in [0.25, 0.3) is 0 Å². The SMILES string of the molecule is COc1ccc(OC)c(N(CC(=O)Nc2ccc(C)c(Cl)c2)C(C)=O)c1. The van der Waals surface area contributed by atoms with Crippen LogP contribution >= 0.6 is 11.6 Å². The number of carbonyl (C=O) groups is 2. The van der Waals surface area contributed by atoms with Gasteiger partial charge >= 0.3 is 0 Å². The highest BCUT2D eigenvalue weighted by atomic mass is 35.5. The lowest BCUT2D eigenvalue weighted by Crippen LogP contribution is -2.37. The van der Waals surface area contributed by atoms with E-state index in [-0.39, 0.29) is 18.4 Å². The predicted octanol–water partition coefficient (Wildman–Crippen LogP) is 3.66. The van der Waals surface area contributed by atoms with Gasteiger partial charge in [-0.05, 0) is 36.8 Å². The first-order chi connectivity index (χ1) is 12.3. The third kappa shape index (κ3) is 4.67. The van der Waals surface area contributed by atoms with Crippen molar-refractivity contribution in [2.45, 2.75) is 13.8 Å². The van der Waals surface area contributed by atoms with Gasteiger partial charge in [-0.25, -0.2) is 0 Å². The zero-order valence-corrected chi connectivity index (χ0v) is 15.9. The van der Waals surface area contributed by atoms with Crippen LogP contribution in [0.4, 0.5) is 11.4 Å². The van der Waals surface area contributed by atoms with Gasteiger partial charge in [0.2, 0.25) is 11.8 Å². The van der Waals surface area contributed by atoms with Gasteiger partial charge in [0.05, 0.1) is 19.9 Å². The number of hydrogen-bond donors (Lipinski definition) is 1. The molecule has 0 bridgehead atoms. The zero-order valence-electron chi connectivity index (χ0n) is 15.1. The number of carbonyl (C=O) groups excluding carboxylic acids is 2. The quantitative estimate of drug-likeness (QED) is 0.835. The Morgan fingerprint density at radius 3 is 2.42 bits per heavy atom. The second kappa shape index (κ2) is 8.58. The molecular weight excluding hydrogens is 356 g/mol. The minimum Gasteiger partial charge on any atom is -0.497 e. The van der Waals surface area contributed by atoms with E-state index in [9.17, 15) is 9.59 Å². The van der Waals surface area contributed by atoms with Crippen LogP contribution in [0.1, 0.15) is 12.5 Å². The maximum Gasteiger partial charge on any atom is 0.244 e. The van der Waals surface area contributed by atoms with Crippen LogP contribution in [-0.2, 0) is 9.59 Å². The molecule has 0 aliphatic carbocycles. The highest BCUT2D eigenvalue weighted by molar-refractivity contribution is 6.31. The summed E-state index contributed by atoms with van der Waals surface area (Å²) in [5, 5.41) is 3.30. The van der Waals surface area contributed by atoms with E-state index in [1.54, 1.807) is 30.3 Å². The van der Waals surface area contributed by atoms with Crippen LogP contribution in [0, 0.1) is 6.92 Å². The number of rotatable bonds is 6. The molecule has 7 heteroatoms. The maximum atomic E-state index is 12.4. The van der Waals surface area contributed by atoms with Gasteiger partial charge in [-0.15, -0.1) is 0 Å². The first-order valence-corrected chi connectivity index (χ1v) is 8.29. The van der Waals surface area contributed by atoms with Crippen molar-refractivity contribution in [3.8, 4) is 11.5 Å². The van der Waals surface area contributed by atoms with Crippen molar-refractivity contribution in [3.63, 3.8) is 0 Å². The van der Waals surface area contributed by atoms with Gasteiger partial charge in [-0.3, -0.25) is 14.5 Å². The van der Waals surface area contributed by atoms with Gasteiger partial charge in [-0.1, -0.05) is 17.7 Å². The van der Waals surface area contributed by atoms with Crippen molar-refractivity contribution < 1.29 is 19.1 Å². The summed E-state index contributed by atoms with van der Waals surface area (Å²) in [6.45, 7) is 3.08. The Labute approximate surface area is 157 Å². The summed E-state index contributed by atoms with van der Waals surface area (Å²) < 4.78 is 10.5. The number of amides is 2. The van der Waals surface area contributed by atoms with Crippen molar-refractivity contribution in [3.05, 3.63) is 47.0 Å². The Bertz CT molecular complexity index is 823. The molecule has 0 aliphatic rings. The van der Waals surface area contributed by atoms with E-state index >= 15 is 0 Å². The molecule has 138 valence electrons. The number of aryl methyl sites for hydroxylation is 1. The molecule has 0 atom stereocenters. The summed E-state index contributed by atoms with van der Waals surface area (Å²) in [7, 11) is 3.02. The Morgan fingerprint density at radius 2 is 1.85 bits per heavy atom.